The van der Waals surface area contributed by atoms with Crippen molar-refractivity contribution >= 4 is 52.3 Å². The van der Waals surface area contributed by atoms with E-state index < -0.39 is 78.0 Å². The van der Waals surface area contributed by atoms with Crippen molar-refractivity contribution in [2.75, 3.05) is 26.3 Å². The van der Waals surface area contributed by atoms with Crippen LogP contribution in [0.25, 0.3) is 0 Å². The van der Waals surface area contributed by atoms with Crippen LogP contribution >= 0.6 is 11.3 Å². The number of benzene rings is 1. The van der Waals surface area contributed by atoms with Gasteiger partial charge in [-0.3, -0.25) is 33.6 Å². The third kappa shape index (κ3) is 8.52. The summed E-state index contributed by atoms with van der Waals surface area (Å²) < 4.78 is 10.4. The highest BCUT2D eigenvalue weighted by atomic mass is 32.1. The quantitative estimate of drug-likeness (QED) is 0.100. The molecule has 2 atom stereocenters. The van der Waals surface area contributed by atoms with Crippen molar-refractivity contribution in [1.29, 1.82) is 0 Å². The fourth-order valence-corrected chi connectivity index (χ4v) is 5.86. The summed E-state index contributed by atoms with van der Waals surface area (Å²) in [5.41, 5.74) is 4.69. The van der Waals surface area contributed by atoms with Crippen molar-refractivity contribution in [3.05, 3.63) is 58.3 Å². The smallest absolute Gasteiger partial charge is 0.325 e. The van der Waals surface area contributed by atoms with Gasteiger partial charge in [0.15, 0.2) is 0 Å². The number of hydrogen-bond acceptors (Lipinski definition) is 11. The maximum atomic E-state index is 14.1. The molecular weight excluding hydrogens is 590 g/mol. The molecule has 1 saturated carbocycles. The molecule has 44 heavy (non-hydrogen) atoms. The van der Waals surface area contributed by atoms with Crippen LogP contribution in [0.2, 0.25) is 0 Å². The van der Waals surface area contributed by atoms with Gasteiger partial charge in [-0.05, 0) is 42.7 Å². The zero-order valence-corrected chi connectivity index (χ0v) is 25.3. The van der Waals surface area contributed by atoms with Gasteiger partial charge in [-0.1, -0.05) is 55.7 Å². The Hall–Kier alpha value is -4.07. The monoisotopic (exact) mass is 627 g/mol. The summed E-state index contributed by atoms with van der Waals surface area (Å²) in [5.74, 6) is -8.55. The number of nitrogens with one attached hydrogen (secondary N) is 2. The van der Waals surface area contributed by atoms with Crippen LogP contribution in [0.5, 0.6) is 0 Å². The second-order valence-corrected chi connectivity index (χ2v) is 11.3. The molecule has 1 aliphatic rings. The van der Waals surface area contributed by atoms with Gasteiger partial charge in [-0.2, -0.15) is 0 Å². The standard InChI is InChI=1S/C31H37N3O9S/c1-2-43-24(35)16-33-29(40)25(36)22(18-42-17-20-10-5-3-6-11-20)34-30(41)31(19-32,21-12-7-4-8-13-21)28(39)27(38)26(37)23-14-9-15-44-23/h3,5-6,9-11,14-15,21-22H,2,4,7-8,12-13,16-19,32H2,1H3,(H,33,40)(H,34,41). The van der Waals surface area contributed by atoms with Crippen molar-refractivity contribution in [1.82, 2.24) is 10.6 Å². The molecular formula is C31H37N3O9S. The van der Waals surface area contributed by atoms with Crippen molar-refractivity contribution in [3.63, 3.8) is 0 Å². The third-order valence-electron chi connectivity index (χ3n) is 7.53. The summed E-state index contributed by atoms with van der Waals surface area (Å²) in [4.78, 5) is 91.8. The summed E-state index contributed by atoms with van der Waals surface area (Å²) in [6, 6.07) is 10.3. The molecule has 2 aromatic rings. The van der Waals surface area contributed by atoms with Gasteiger partial charge in [0.05, 0.1) is 24.7 Å². The first-order valence-electron chi connectivity index (χ1n) is 14.4. The van der Waals surface area contributed by atoms with E-state index in [0.717, 1.165) is 23.3 Å². The van der Waals surface area contributed by atoms with Gasteiger partial charge in [-0.15, -0.1) is 11.3 Å². The molecule has 1 aromatic carbocycles. The molecule has 0 spiro atoms. The van der Waals surface area contributed by atoms with Crippen LogP contribution in [-0.4, -0.2) is 73.3 Å². The second kappa shape index (κ2) is 16.7. The molecule has 1 aliphatic carbocycles. The molecule has 0 radical (unpaired) electrons. The molecule has 1 heterocycles. The first-order chi connectivity index (χ1) is 21.1. The number of ether oxygens (including phenoxy) is 2. The number of carbonyl (C=O) groups excluding carboxylic acids is 7. The van der Waals surface area contributed by atoms with E-state index >= 15 is 0 Å². The number of carbonyl (C=O) groups is 7. The zero-order valence-electron chi connectivity index (χ0n) is 24.5. The second-order valence-electron chi connectivity index (χ2n) is 10.4. The van der Waals surface area contributed by atoms with Crippen molar-refractivity contribution in [3.8, 4) is 0 Å². The molecule has 3 rings (SSSR count). The predicted octanol–water partition coefficient (Wildman–Crippen LogP) is 1.54. The van der Waals surface area contributed by atoms with Gasteiger partial charge in [0, 0.05) is 6.54 Å². The average Bonchev–Trinajstić information content (AvgIpc) is 3.59. The molecule has 2 unspecified atom stereocenters. The molecule has 2 amide bonds. The lowest BCUT2D eigenvalue weighted by molar-refractivity contribution is -0.153. The molecule has 0 aliphatic heterocycles. The van der Waals surface area contributed by atoms with E-state index in [9.17, 15) is 33.6 Å². The minimum absolute atomic E-state index is 0.0301. The van der Waals surface area contributed by atoms with Crippen LogP contribution in [0, 0.1) is 11.3 Å². The number of hydrogen-bond donors (Lipinski definition) is 3. The van der Waals surface area contributed by atoms with Crippen LogP contribution in [0.4, 0.5) is 0 Å². The number of esters is 1. The van der Waals surface area contributed by atoms with E-state index in [2.05, 4.69) is 10.6 Å². The number of amides is 2. The zero-order chi connectivity index (χ0) is 32.1. The van der Waals surface area contributed by atoms with E-state index in [1.807, 2.05) is 6.07 Å². The van der Waals surface area contributed by atoms with E-state index in [-0.39, 0.29) is 18.1 Å². The van der Waals surface area contributed by atoms with Crippen molar-refractivity contribution in [2.45, 2.75) is 51.7 Å². The van der Waals surface area contributed by atoms with Crippen LogP contribution in [0.15, 0.2) is 47.8 Å². The lowest BCUT2D eigenvalue weighted by Gasteiger charge is -2.39. The van der Waals surface area contributed by atoms with Crippen LogP contribution in [-0.2, 0) is 44.8 Å². The highest BCUT2D eigenvalue weighted by Gasteiger charge is 2.55. The van der Waals surface area contributed by atoms with E-state index in [1.165, 1.54) is 6.07 Å². The SMILES string of the molecule is CCOC(=O)CNC(=O)C(=O)C(COCc1ccccc1)NC(=O)C(CN)(C(=O)C(=O)C(=O)c1cccs1)C1CCCCC1. The maximum Gasteiger partial charge on any atom is 0.325 e. The van der Waals surface area contributed by atoms with E-state index in [1.54, 1.807) is 42.6 Å². The Kier molecular flexibility index (Phi) is 13.1. The minimum atomic E-state index is -2.16. The summed E-state index contributed by atoms with van der Waals surface area (Å²) >= 11 is 0.981. The molecule has 0 bridgehead atoms. The summed E-state index contributed by atoms with van der Waals surface area (Å²) in [6.45, 7) is 0.00864. The molecule has 0 saturated heterocycles. The molecule has 12 nitrogen and oxygen atoms in total. The normalized spacial score (nSPS) is 15.3. The van der Waals surface area contributed by atoms with Gasteiger partial charge in [0.25, 0.3) is 11.7 Å². The molecule has 13 heteroatoms. The van der Waals surface area contributed by atoms with Gasteiger partial charge in [0.2, 0.25) is 23.3 Å². The lowest BCUT2D eigenvalue weighted by Crippen LogP contribution is -2.62. The fraction of sp³-hybridized carbons (Fsp3) is 0.452. The predicted molar refractivity (Wildman–Crippen MR) is 159 cm³/mol. The highest BCUT2D eigenvalue weighted by molar-refractivity contribution is 7.13. The van der Waals surface area contributed by atoms with Crippen molar-refractivity contribution < 1.29 is 43.0 Å². The van der Waals surface area contributed by atoms with Gasteiger partial charge in [0.1, 0.15) is 18.0 Å². The van der Waals surface area contributed by atoms with Crippen LogP contribution < -0.4 is 16.4 Å². The Morgan fingerprint density at radius 3 is 2.32 bits per heavy atom. The lowest BCUT2D eigenvalue weighted by atomic mass is 9.64. The van der Waals surface area contributed by atoms with E-state index in [4.69, 9.17) is 15.2 Å². The minimum Gasteiger partial charge on any atom is -0.465 e. The average molecular weight is 628 g/mol. The Morgan fingerprint density at radius 1 is 1.00 bits per heavy atom. The first-order valence-corrected chi connectivity index (χ1v) is 15.3. The third-order valence-corrected chi connectivity index (χ3v) is 8.40. The maximum absolute atomic E-state index is 14.1. The number of thiophene rings is 1. The van der Waals surface area contributed by atoms with Gasteiger partial charge < -0.3 is 25.8 Å². The number of ketones is 4. The number of nitrogens with two attached hydrogens (primary N) is 1. The number of rotatable bonds is 17. The summed E-state index contributed by atoms with van der Waals surface area (Å²) in [5, 5.41) is 6.18. The highest BCUT2D eigenvalue weighted by Crippen LogP contribution is 2.40. The first kappa shape index (κ1) is 34.4. The van der Waals surface area contributed by atoms with Crippen LogP contribution in [0.3, 0.4) is 0 Å². The van der Waals surface area contributed by atoms with E-state index in [0.29, 0.717) is 25.7 Å². The van der Waals surface area contributed by atoms with Crippen molar-refractivity contribution in [2.24, 2.45) is 17.1 Å². The molecule has 1 aromatic heterocycles. The largest absolute Gasteiger partial charge is 0.465 e. The Bertz CT molecular complexity index is 1340. The topological polar surface area (TPSA) is 188 Å². The Morgan fingerprint density at radius 2 is 1.70 bits per heavy atom. The Labute approximate surface area is 259 Å². The van der Waals surface area contributed by atoms with Crippen LogP contribution in [0.1, 0.15) is 54.3 Å². The van der Waals surface area contributed by atoms with Gasteiger partial charge in [-0.25, -0.2) is 0 Å². The van der Waals surface area contributed by atoms with Gasteiger partial charge >= 0.3 is 5.97 Å². The summed E-state index contributed by atoms with van der Waals surface area (Å²) in [6.07, 6.45) is 2.96. The Balaban J connectivity index is 1.90. The summed E-state index contributed by atoms with van der Waals surface area (Å²) in [7, 11) is 0. The number of Topliss-reactive ketones (excluding diaryl/α,β-unsaturated/α-hetero) is 4. The fourth-order valence-electron chi connectivity index (χ4n) is 5.20. The molecule has 236 valence electrons. The molecule has 4 N–H and O–H groups in total. The molecule has 1 fully saturated rings.